The molecule has 0 saturated carbocycles. The van der Waals surface area contributed by atoms with Gasteiger partial charge in [-0.15, -0.1) is 0 Å². The van der Waals surface area contributed by atoms with E-state index in [1.807, 2.05) is 38.1 Å². The molecule has 1 atom stereocenters. The summed E-state index contributed by atoms with van der Waals surface area (Å²) < 4.78 is 0. The van der Waals surface area contributed by atoms with E-state index in [1.165, 1.54) is 0 Å². The molecule has 0 unspecified atom stereocenters. The Balaban J connectivity index is 2.02. The third kappa shape index (κ3) is 3.84. The lowest BCUT2D eigenvalue weighted by atomic mass is 10.1. The molecular formula is C16H24N4O2. The Bertz CT molecular complexity index is 545. The van der Waals surface area contributed by atoms with Gasteiger partial charge < -0.3 is 21.3 Å². The van der Waals surface area contributed by atoms with Gasteiger partial charge in [0, 0.05) is 25.3 Å². The number of fused-ring (bicyclic) bond motifs is 1. The summed E-state index contributed by atoms with van der Waals surface area (Å²) >= 11 is 0. The Labute approximate surface area is 131 Å². The predicted octanol–water partition coefficient (Wildman–Crippen LogP) is 0.222. The van der Waals surface area contributed by atoms with Gasteiger partial charge in [-0.25, -0.2) is 0 Å². The van der Waals surface area contributed by atoms with E-state index in [1.54, 1.807) is 4.90 Å². The molecule has 22 heavy (non-hydrogen) atoms. The molecule has 0 aliphatic carbocycles. The summed E-state index contributed by atoms with van der Waals surface area (Å²) in [6.07, 6.45) is 0. The number of nitrogens with zero attached hydrogens (tertiary/aromatic N) is 1. The van der Waals surface area contributed by atoms with Crippen molar-refractivity contribution in [3.05, 3.63) is 29.8 Å². The van der Waals surface area contributed by atoms with Crippen LogP contribution >= 0.6 is 0 Å². The van der Waals surface area contributed by atoms with Gasteiger partial charge >= 0.3 is 0 Å². The first-order chi connectivity index (χ1) is 10.5. The second kappa shape index (κ2) is 7.38. The van der Waals surface area contributed by atoms with Crippen LogP contribution in [0, 0.1) is 5.92 Å². The zero-order chi connectivity index (χ0) is 16.1. The van der Waals surface area contributed by atoms with Crippen molar-refractivity contribution in [2.75, 3.05) is 24.5 Å². The monoisotopic (exact) mass is 304 g/mol. The molecule has 1 aliphatic rings. The van der Waals surface area contributed by atoms with Gasteiger partial charge in [-0.3, -0.25) is 9.59 Å². The van der Waals surface area contributed by atoms with Crippen molar-refractivity contribution < 1.29 is 9.59 Å². The molecule has 0 aromatic heterocycles. The van der Waals surface area contributed by atoms with Gasteiger partial charge in [0.1, 0.15) is 0 Å². The van der Waals surface area contributed by atoms with Gasteiger partial charge in [0.05, 0.1) is 12.6 Å². The topological polar surface area (TPSA) is 87.5 Å². The molecule has 1 aliphatic heterocycles. The minimum Gasteiger partial charge on any atom is -0.346 e. The molecule has 1 aromatic carbocycles. The van der Waals surface area contributed by atoms with Crippen LogP contribution in [0.1, 0.15) is 19.4 Å². The van der Waals surface area contributed by atoms with Crippen LogP contribution in [0.3, 0.4) is 0 Å². The second-order valence-corrected chi connectivity index (χ2v) is 5.84. The van der Waals surface area contributed by atoms with Crippen molar-refractivity contribution in [3.63, 3.8) is 0 Å². The summed E-state index contributed by atoms with van der Waals surface area (Å²) in [4.78, 5) is 26.0. The van der Waals surface area contributed by atoms with Crippen molar-refractivity contribution in [2.24, 2.45) is 11.7 Å². The van der Waals surface area contributed by atoms with E-state index in [-0.39, 0.29) is 24.3 Å². The molecule has 2 amide bonds. The Morgan fingerprint density at radius 2 is 2.09 bits per heavy atom. The number of anilines is 1. The first-order valence-corrected chi connectivity index (χ1v) is 7.63. The number of nitrogens with two attached hydrogens (primary N) is 1. The van der Waals surface area contributed by atoms with Crippen LogP contribution in [-0.2, 0) is 16.1 Å². The Hall–Kier alpha value is -1.92. The fourth-order valence-electron chi connectivity index (χ4n) is 2.40. The number of hydrogen-bond acceptors (Lipinski definition) is 4. The molecule has 120 valence electrons. The maximum Gasteiger partial charge on any atom is 0.246 e. The van der Waals surface area contributed by atoms with Gasteiger partial charge in [0.15, 0.2) is 0 Å². The Kier molecular flexibility index (Phi) is 5.51. The molecule has 6 heteroatoms. The molecule has 2 rings (SSSR count). The number of carbonyl (C=O) groups is 2. The molecule has 6 nitrogen and oxygen atoms in total. The minimum absolute atomic E-state index is 0.0341. The number of rotatable bonds is 4. The van der Waals surface area contributed by atoms with E-state index < -0.39 is 6.04 Å². The van der Waals surface area contributed by atoms with Crippen LogP contribution in [0.2, 0.25) is 0 Å². The van der Waals surface area contributed by atoms with Gasteiger partial charge in [0.25, 0.3) is 0 Å². The number of carbonyl (C=O) groups excluding carboxylic acids is 2. The summed E-state index contributed by atoms with van der Waals surface area (Å²) in [6, 6.07) is 7.21. The Morgan fingerprint density at radius 1 is 1.36 bits per heavy atom. The molecule has 1 aromatic rings. The smallest absolute Gasteiger partial charge is 0.246 e. The fourth-order valence-corrected chi connectivity index (χ4v) is 2.40. The maximum atomic E-state index is 12.5. The molecule has 1 heterocycles. The second-order valence-electron chi connectivity index (χ2n) is 5.84. The van der Waals surface area contributed by atoms with Crippen molar-refractivity contribution in [1.29, 1.82) is 0 Å². The lowest BCUT2D eigenvalue weighted by molar-refractivity contribution is -0.126. The summed E-state index contributed by atoms with van der Waals surface area (Å²) in [5, 5.41) is 5.92. The van der Waals surface area contributed by atoms with Crippen molar-refractivity contribution in [2.45, 2.75) is 26.4 Å². The van der Waals surface area contributed by atoms with Crippen LogP contribution in [0.25, 0.3) is 0 Å². The molecular weight excluding hydrogens is 280 g/mol. The highest BCUT2D eigenvalue weighted by Gasteiger charge is 2.22. The normalized spacial score (nSPS) is 15.9. The van der Waals surface area contributed by atoms with Crippen LogP contribution in [0.15, 0.2) is 24.3 Å². The van der Waals surface area contributed by atoms with Crippen LogP contribution in [-0.4, -0.2) is 37.5 Å². The fraction of sp³-hybridized carbons (Fsp3) is 0.500. The third-order valence-electron chi connectivity index (χ3n) is 3.85. The SMILES string of the molecule is CC(C)[C@H](N)C(=O)NCC(=O)N1CCNCc2ccccc21. The van der Waals surface area contributed by atoms with Gasteiger partial charge in [-0.1, -0.05) is 32.0 Å². The van der Waals surface area contributed by atoms with Crippen LogP contribution < -0.4 is 21.3 Å². The number of amides is 2. The largest absolute Gasteiger partial charge is 0.346 e. The average Bonchev–Trinajstić information content (AvgIpc) is 2.73. The molecule has 0 fully saturated rings. The van der Waals surface area contributed by atoms with E-state index in [0.717, 1.165) is 24.3 Å². The van der Waals surface area contributed by atoms with E-state index in [0.29, 0.717) is 6.54 Å². The van der Waals surface area contributed by atoms with Crippen molar-refractivity contribution in [3.8, 4) is 0 Å². The minimum atomic E-state index is -0.592. The molecule has 0 spiro atoms. The van der Waals surface area contributed by atoms with Gasteiger partial charge in [0.2, 0.25) is 11.8 Å². The first kappa shape index (κ1) is 16.5. The summed E-state index contributed by atoms with van der Waals surface area (Å²) in [5.41, 5.74) is 7.76. The highest BCUT2D eigenvalue weighted by Crippen LogP contribution is 2.21. The van der Waals surface area contributed by atoms with E-state index >= 15 is 0 Å². The summed E-state index contributed by atoms with van der Waals surface area (Å²) in [6.45, 7) is 5.77. The van der Waals surface area contributed by atoms with E-state index in [9.17, 15) is 9.59 Å². The Morgan fingerprint density at radius 3 is 2.82 bits per heavy atom. The van der Waals surface area contributed by atoms with E-state index in [4.69, 9.17) is 5.73 Å². The lowest BCUT2D eigenvalue weighted by Gasteiger charge is -2.23. The average molecular weight is 304 g/mol. The molecule has 0 radical (unpaired) electrons. The van der Waals surface area contributed by atoms with Gasteiger partial charge in [-0.05, 0) is 17.5 Å². The third-order valence-corrected chi connectivity index (χ3v) is 3.85. The highest BCUT2D eigenvalue weighted by atomic mass is 16.2. The van der Waals surface area contributed by atoms with Gasteiger partial charge in [-0.2, -0.15) is 0 Å². The van der Waals surface area contributed by atoms with Crippen LogP contribution in [0.4, 0.5) is 5.69 Å². The molecule has 4 N–H and O–H groups in total. The maximum absolute atomic E-state index is 12.5. The zero-order valence-corrected chi connectivity index (χ0v) is 13.1. The number of benzene rings is 1. The first-order valence-electron chi connectivity index (χ1n) is 7.63. The number of nitrogens with one attached hydrogen (secondary N) is 2. The summed E-state index contributed by atoms with van der Waals surface area (Å²) in [7, 11) is 0. The number of para-hydroxylation sites is 1. The molecule has 0 saturated heterocycles. The molecule has 0 bridgehead atoms. The zero-order valence-electron chi connectivity index (χ0n) is 13.1. The lowest BCUT2D eigenvalue weighted by Crippen LogP contribution is -2.48. The van der Waals surface area contributed by atoms with Crippen molar-refractivity contribution in [1.82, 2.24) is 10.6 Å². The van der Waals surface area contributed by atoms with E-state index in [2.05, 4.69) is 10.6 Å². The summed E-state index contributed by atoms with van der Waals surface area (Å²) in [5.74, 6) is -0.372. The predicted molar refractivity (Wildman–Crippen MR) is 86.3 cm³/mol. The number of hydrogen-bond donors (Lipinski definition) is 3. The quantitative estimate of drug-likeness (QED) is 0.743. The highest BCUT2D eigenvalue weighted by molar-refractivity contribution is 5.98. The standard InChI is InChI=1S/C16H24N4O2/c1-11(2)15(17)16(22)19-10-14(21)20-8-7-18-9-12-5-3-4-6-13(12)20/h3-6,11,15,18H,7-10,17H2,1-2H3,(H,19,22)/t15-/m0/s1. The van der Waals surface area contributed by atoms with Crippen LogP contribution in [0.5, 0.6) is 0 Å². The van der Waals surface area contributed by atoms with Crippen molar-refractivity contribution >= 4 is 17.5 Å².